The normalized spacial score (nSPS) is 18.7. The smallest absolute Gasteiger partial charge is 0.295 e. The maximum absolute atomic E-state index is 13.3. The Kier molecular flexibility index (Phi) is 6.39. The van der Waals surface area contributed by atoms with Gasteiger partial charge in [-0.2, -0.15) is 0 Å². The molecular formula is C22H26N2O4S. The highest BCUT2D eigenvalue weighted by Gasteiger charge is 2.44. The van der Waals surface area contributed by atoms with Crippen molar-refractivity contribution in [3.63, 3.8) is 0 Å². The lowest BCUT2D eigenvalue weighted by Gasteiger charge is -2.26. The van der Waals surface area contributed by atoms with Crippen LogP contribution >= 0.6 is 11.3 Å². The van der Waals surface area contributed by atoms with Crippen LogP contribution in [0.4, 0.5) is 0 Å². The first-order valence-electron chi connectivity index (χ1n) is 9.59. The number of ether oxygens (including phenoxy) is 1. The van der Waals surface area contributed by atoms with E-state index < -0.39 is 23.5 Å². The Balaban J connectivity index is 2.05. The molecule has 0 saturated carbocycles. The van der Waals surface area contributed by atoms with Crippen LogP contribution in [0.15, 0.2) is 41.3 Å². The van der Waals surface area contributed by atoms with Crippen molar-refractivity contribution in [2.24, 2.45) is 0 Å². The van der Waals surface area contributed by atoms with E-state index in [1.54, 1.807) is 30.2 Å². The summed E-state index contributed by atoms with van der Waals surface area (Å²) in [5.74, 6) is -1.01. The molecule has 2 heterocycles. The van der Waals surface area contributed by atoms with Gasteiger partial charge in [-0.25, -0.2) is 0 Å². The van der Waals surface area contributed by atoms with Gasteiger partial charge in [0.2, 0.25) is 5.78 Å². The second-order valence-corrected chi connectivity index (χ2v) is 8.46. The maximum atomic E-state index is 13.3. The molecule has 29 heavy (non-hydrogen) atoms. The van der Waals surface area contributed by atoms with Gasteiger partial charge in [-0.3, -0.25) is 9.59 Å². The molecule has 0 radical (unpaired) electrons. The van der Waals surface area contributed by atoms with Crippen LogP contribution in [-0.2, 0) is 9.59 Å². The van der Waals surface area contributed by atoms with Gasteiger partial charge in [0.25, 0.3) is 5.91 Å². The fraction of sp³-hybridized carbons (Fsp3) is 0.364. The third kappa shape index (κ3) is 4.21. The van der Waals surface area contributed by atoms with Crippen molar-refractivity contribution in [1.82, 2.24) is 4.90 Å². The average molecular weight is 415 g/mol. The molecular weight excluding hydrogens is 388 g/mol. The molecule has 2 aromatic rings. The molecule has 0 spiro atoms. The Morgan fingerprint density at radius 1 is 1.28 bits per heavy atom. The SMILES string of the molecule is COc1ccc(C([O-])=C2C(=O)C(=O)N(CCC[NH+](C)C)C2c2cccs2)cc1C. The largest absolute Gasteiger partial charge is 0.872 e. The molecule has 1 fully saturated rings. The summed E-state index contributed by atoms with van der Waals surface area (Å²) in [6.07, 6.45) is 0.756. The Labute approximate surface area is 175 Å². The number of amides is 1. The number of thiophene rings is 1. The second kappa shape index (κ2) is 8.80. The molecule has 0 aliphatic carbocycles. The summed E-state index contributed by atoms with van der Waals surface area (Å²) >= 11 is 1.45. The monoisotopic (exact) mass is 414 g/mol. The van der Waals surface area contributed by atoms with E-state index in [-0.39, 0.29) is 5.57 Å². The van der Waals surface area contributed by atoms with Crippen molar-refractivity contribution in [2.75, 3.05) is 34.3 Å². The lowest BCUT2D eigenvalue weighted by molar-refractivity contribution is -0.858. The van der Waals surface area contributed by atoms with E-state index in [2.05, 4.69) is 0 Å². The molecule has 1 aromatic heterocycles. The zero-order valence-corrected chi connectivity index (χ0v) is 18.0. The van der Waals surface area contributed by atoms with Crippen LogP contribution in [0, 0.1) is 6.92 Å². The predicted octanol–water partition coefficient (Wildman–Crippen LogP) is 0.824. The van der Waals surface area contributed by atoms with Crippen LogP contribution < -0.4 is 14.7 Å². The molecule has 1 amide bonds. The number of quaternary nitrogens is 1. The Bertz CT molecular complexity index is 934. The molecule has 1 N–H and O–H groups in total. The van der Waals surface area contributed by atoms with Crippen molar-refractivity contribution in [2.45, 2.75) is 19.4 Å². The van der Waals surface area contributed by atoms with Crippen LogP contribution in [-0.4, -0.2) is 50.9 Å². The predicted molar refractivity (Wildman–Crippen MR) is 111 cm³/mol. The first kappa shape index (κ1) is 21.1. The van der Waals surface area contributed by atoms with Crippen molar-refractivity contribution in [1.29, 1.82) is 0 Å². The highest BCUT2D eigenvalue weighted by atomic mass is 32.1. The van der Waals surface area contributed by atoms with Gasteiger partial charge in [0.05, 0.1) is 33.8 Å². The standard InChI is InChI=1S/C22H26N2O4S/c1-14-13-15(8-9-16(14)28-4)20(25)18-19(17-7-5-12-29-17)24(22(27)21(18)26)11-6-10-23(2)3/h5,7-9,12-13,19,25H,6,10-11H2,1-4H3. The van der Waals surface area contributed by atoms with Crippen molar-refractivity contribution in [3.05, 3.63) is 57.3 Å². The third-order valence-electron chi connectivity index (χ3n) is 5.07. The molecule has 1 atom stereocenters. The van der Waals surface area contributed by atoms with Crippen LogP contribution in [0.1, 0.15) is 28.5 Å². The summed E-state index contributed by atoms with van der Waals surface area (Å²) in [5.41, 5.74) is 1.23. The summed E-state index contributed by atoms with van der Waals surface area (Å²) in [5, 5.41) is 15.2. The number of likely N-dealkylation sites (tertiary alicyclic amines) is 1. The molecule has 1 saturated heterocycles. The van der Waals surface area contributed by atoms with E-state index >= 15 is 0 Å². The summed E-state index contributed by atoms with van der Waals surface area (Å²) < 4.78 is 5.26. The van der Waals surface area contributed by atoms with Gasteiger partial charge in [-0.15, -0.1) is 11.3 Å². The number of methoxy groups -OCH3 is 1. The lowest BCUT2D eigenvalue weighted by Crippen LogP contribution is -3.05. The minimum atomic E-state index is -0.695. The molecule has 1 aromatic carbocycles. The zero-order valence-electron chi connectivity index (χ0n) is 17.2. The van der Waals surface area contributed by atoms with E-state index in [1.807, 2.05) is 38.5 Å². The fourth-order valence-corrected chi connectivity index (χ4v) is 4.47. The maximum Gasteiger partial charge on any atom is 0.295 e. The number of nitrogens with one attached hydrogen (secondary N) is 1. The molecule has 6 nitrogen and oxygen atoms in total. The summed E-state index contributed by atoms with van der Waals surface area (Å²) in [4.78, 5) is 29.3. The number of aryl methyl sites for hydroxylation is 1. The number of carbonyl (C=O) groups excluding carboxylic acids is 2. The van der Waals surface area contributed by atoms with Gasteiger partial charge in [-0.1, -0.05) is 17.9 Å². The molecule has 154 valence electrons. The van der Waals surface area contributed by atoms with E-state index in [0.29, 0.717) is 17.9 Å². The third-order valence-corrected chi connectivity index (χ3v) is 6.00. The minimum absolute atomic E-state index is 0.0409. The number of rotatable bonds is 7. The number of hydrogen-bond donors (Lipinski definition) is 1. The lowest BCUT2D eigenvalue weighted by atomic mass is 9.98. The van der Waals surface area contributed by atoms with Crippen LogP contribution in [0.3, 0.4) is 0 Å². The topological polar surface area (TPSA) is 74.1 Å². The quantitative estimate of drug-likeness (QED) is 0.414. The second-order valence-electron chi connectivity index (χ2n) is 7.48. The molecule has 1 aliphatic rings. The van der Waals surface area contributed by atoms with Crippen molar-refractivity contribution in [3.8, 4) is 5.75 Å². The van der Waals surface area contributed by atoms with E-state index in [1.165, 1.54) is 16.2 Å². The van der Waals surface area contributed by atoms with Gasteiger partial charge in [0.1, 0.15) is 5.75 Å². The molecule has 0 bridgehead atoms. The summed E-state index contributed by atoms with van der Waals surface area (Å²) in [6.45, 7) is 3.15. The Hall–Kier alpha value is -2.64. The average Bonchev–Trinajstić information content (AvgIpc) is 3.29. The first-order valence-corrected chi connectivity index (χ1v) is 10.5. The molecule has 1 aliphatic heterocycles. The van der Waals surface area contributed by atoms with E-state index in [9.17, 15) is 14.7 Å². The van der Waals surface area contributed by atoms with Crippen LogP contribution in [0.2, 0.25) is 0 Å². The van der Waals surface area contributed by atoms with Gasteiger partial charge < -0.3 is 19.6 Å². The Morgan fingerprint density at radius 3 is 2.62 bits per heavy atom. The summed E-state index contributed by atoms with van der Waals surface area (Å²) in [6, 6.07) is 8.18. The van der Waals surface area contributed by atoms with Crippen LogP contribution in [0.25, 0.3) is 5.76 Å². The molecule has 1 unspecified atom stereocenters. The van der Waals surface area contributed by atoms with Crippen LogP contribution in [0.5, 0.6) is 5.75 Å². The highest BCUT2D eigenvalue weighted by molar-refractivity contribution is 7.10. The van der Waals surface area contributed by atoms with E-state index in [4.69, 9.17) is 4.74 Å². The number of ketones is 1. The van der Waals surface area contributed by atoms with Gasteiger partial charge >= 0.3 is 0 Å². The summed E-state index contributed by atoms with van der Waals surface area (Å²) in [7, 11) is 5.65. The van der Waals surface area contributed by atoms with E-state index in [0.717, 1.165) is 23.4 Å². The number of benzene rings is 1. The zero-order chi connectivity index (χ0) is 21.1. The fourth-order valence-electron chi connectivity index (χ4n) is 3.62. The number of Topliss-reactive ketones (excluding diaryl/α,β-unsaturated/α-hetero) is 1. The van der Waals surface area contributed by atoms with Crippen molar-refractivity contribution >= 4 is 28.8 Å². The first-order chi connectivity index (χ1) is 13.8. The molecule has 3 rings (SSSR count). The van der Waals surface area contributed by atoms with Gasteiger partial charge in [0.15, 0.2) is 0 Å². The minimum Gasteiger partial charge on any atom is -0.872 e. The number of nitrogens with zero attached hydrogens (tertiary/aromatic N) is 1. The number of carbonyl (C=O) groups is 2. The van der Waals surface area contributed by atoms with Gasteiger partial charge in [-0.05, 0) is 41.6 Å². The number of hydrogen-bond acceptors (Lipinski definition) is 5. The molecule has 7 heteroatoms. The van der Waals surface area contributed by atoms with Gasteiger partial charge in [0, 0.05) is 23.4 Å². The van der Waals surface area contributed by atoms with Crippen molar-refractivity contribution < 1.29 is 24.3 Å². The highest BCUT2D eigenvalue weighted by Crippen LogP contribution is 2.40. The Morgan fingerprint density at radius 2 is 2.03 bits per heavy atom.